The van der Waals surface area contributed by atoms with E-state index in [1.165, 1.54) is 18.2 Å². The molecule has 5 heteroatoms. The number of nitro groups is 1. The molecule has 0 aliphatic rings. The van der Waals surface area contributed by atoms with Gasteiger partial charge >= 0.3 is 0 Å². The summed E-state index contributed by atoms with van der Waals surface area (Å²) in [6.07, 6.45) is 2.29. The van der Waals surface area contributed by atoms with Crippen molar-refractivity contribution in [3.05, 3.63) is 33.9 Å². The maximum Gasteiger partial charge on any atom is 0.269 e. The van der Waals surface area contributed by atoms with Gasteiger partial charge in [0, 0.05) is 17.7 Å². The van der Waals surface area contributed by atoms with Crippen molar-refractivity contribution in [2.45, 2.75) is 19.3 Å². The van der Waals surface area contributed by atoms with Gasteiger partial charge in [-0.15, -0.1) is 0 Å². The van der Waals surface area contributed by atoms with Gasteiger partial charge in [0.15, 0.2) is 0 Å². The Hall–Kier alpha value is -1.62. The van der Waals surface area contributed by atoms with Gasteiger partial charge in [-0.3, -0.25) is 10.1 Å². The number of benzene rings is 1. The quantitative estimate of drug-likeness (QED) is 0.438. The van der Waals surface area contributed by atoms with Crippen LogP contribution in [0.25, 0.3) is 0 Å². The fourth-order valence-electron chi connectivity index (χ4n) is 1.35. The topological polar surface area (TPSA) is 89.4 Å². The van der Waals surface area contributed by atoms with Gasteiger partial charge in [0.05, 0.1) is 4.92 Å². The molecule has 15 heavy (non-hydrogen) atoms. The Morgan fingerprint density at radius 1 is 1.40 bits per heavy atom. The normalized spacial score (nSPS) is 10.2. The molecular formula is C10H14N2O3. The fraction of sp³-hybridized carbons (Fsp3) is 0.400. The minimum absolute atomic E-state index is 0.00977. The molecule has 1 rings (SSSR count). The maximum absolute atomic E-state index is 10.5. The van der Waals surface area contributed by atoms with E-state index in [2.05, 4.69) is 0 Å². The third-order valence-corrected chi connectivity index (χ3v) is 2.17. The lowest BCUT2D eigenvalue weighted by atomic mass is 10.1. The van der Waals surface area contributed by atoms with Crippen LogP contribution in [-0.2, 0) is 6.42 Å². The molecule has 0 unspecified atom stereocenters. The number of aromatic hydroxyl groups is 1. The van der Waals surface area contributed by atoms with E-state index in [-0.39, 0.29) is 11.4 Å². The van der Waals surface area contributed by atoms with Crippen LogP contribution in [0.4, 0.5) is 5.69 Å². The lowest BCUT2D eigenvalue weighted by molar-refractivity contribution is -0.384. The Kier molecular flexibility index (Phi) is 4.05. The van der Waals surface area contributed by atoms with Crippen molar-refractivity contribution >= 4 is 5.69 Å². The smallest absolute Gasteiger partial charge is 0.269 e. The molecule has 1 aromatic carbocycles. The van der Waals surface area contributed by atoms with Crippen molar-refractivity contribution in [3.63, 3.8) is 0 Å². The number of nitrogens with zero attached hydrogens (tertiary/aromatic N) is 1. The summed E-state index contributed by atoms with van der Waals surface area (Å²) >= 11 is 0. The zero-order valence-corrected chi connectivity index (χ0v) is 8.35. The first-order chi connectivity index (χ1) is 7.15. The number of nitrogens with two attached hydrogens (primary N) is 1. The Bertz CT molecular complexity index is 353. The van der Waals surface area contributed by atoms with E-state index < -0.39 is 4.92 Å². The standard InChI is InChI=1S/C10H14N2O3/c11-6-2-1-3-8-7-9(12(14)15)4-5-10(8)13/h4-5,7,13H,1-3,6,11H2. The SMILES string of the molecule is NCCCCc1cc([N+](=O)[O-])ccc1O. The van der Waals surface area contributed by atoms with E-state index in [4.69, 9.17) is 5.73 Å². The van der Waals surface area contributed by atoms with Crippen LogP contribution in [0.15, 0.2) is 18.2 Å². The Morgan fingerprint density at radius 3 is 2.73 bits per heavy atom. The van der Waals surface area contributed by atoms with Crippen molar-refractivity contribution in [2.75, 3.05) is 6.54 Å². The number of hydrogen-bond donors (Lipinski definition) is 2. The van der Waals surface area contributed by atoms with Crippen LogP contribution < -0.4 is 5.73 Å². The van der Waals surface area contributed by atoms with Gasteiger partial charge in [0.1, 0.15) is 5.75 Å². The number of hydrogen-bond acceptors (Lipinski definition) is 4. The molecule has 0 saturated heterocycles. The Balaban J connectivity index is 2.76. The Labute approximate surface area is 87.7 Å². The minimum Gasteiger partial charge on any atom is -0.508 e. The zero-order valence-electron chi connectivity index (χ0n) is 8.35. The van der Waals surface area contributed by atoms with Crippen molar-refractivity contribution in [3.8, 4) is 5.75 Å². The average Bonchev–Trinajstić information content (AvgIpc) is 2.20. The van der Waals surface area contributed by atoms with E-state index >= 15 is 0 Å². The van der Waals surface area contributed by atoms with Crippen molar-refractivity contribution in [1.82, 2.24) is 0 Å². The van der Waals surface area contributed by atoms with Gasteiger partial charge in [-0.05, 0) is 31.9 Å². The highest BCUT2D eigenvalue weighted by atomic mass is 16.6. The third-order valence-electron chi connectivity index (χ3n) is 2.17. The van der Waals surface area contributed by atoms with Gasteiger partial charge in [-0.25, -0.2) is 0 Å². The number of phenols is 1. The van der Waals surface area contributed by atoms with Crippen LogP contribution in [0.2, 0.25) is 0 Å². The second-order valence-electron chi connectivity index (χ2n) is 3.32. The molecule has 0 amide bonds. The lowest BCUT2D eigenvalue weighted by Gasteiger charge is -2.03. The van der Waals surface area contributed by atoms with Crippen molar-refractivity contribution in [1.29, 1.82) is 0 Å². The van der Waals surface area contributed by atoms with E-state index in [1.807, 2.05) is 0 Å². The highest BCUT2D eigenvalue weighted by molar-refractivity contribution is 5.42. The molecule has 0 atom stereocenters. The van der Waals surface area contributed by atoms with E-state index in [0.29, 0.717) is 18.5 Å². The zero-order chi connectivity index (χ0) is 11.3. The van der Waals surface area contributed by atoms with Gasteiger partial charge in [0.25, 0.3) is 5.69 Å². The van der Waals surface area contributed by atoms with Gasteiger partial charge in [-0.2, -0.15) is 0 Å². The number of aryl methyl sites for hydroxylation is 1. The number of rotatable bonds is 5. The first-order valence-corrected chi connectivity index (χ1v) is 4.81. The fourth-order valence-corrected chi connectivity index (χ4v) is 1.35. The summed E-state index contributed by atoms with van der Waals surface area (Å²) in [5.41, 5.74) is 5.96. The summed E-state index contributed by atoms with van der Waals surface area (Å²) in [7, 11) is 0. The molecule has 0 fully saturated rings. The summed E-state index contributed by atoms with van der Waals surface area (Å²) in [5.74, 6) is 0.109. The number of nitro benzene ring substituents is 1. The number of unbranched alkanes of at least 4 members (excludes halogenated alkanes) is 1. The maximum atomic E-state index is 10.5. The highest BCUT2D eigenvalue weighted by Gasteiger charge is 2.09. The second-order valence-corrected chi connectivity index (χ2v) is 3.32. The number of phenolic OH excluding ortho intramolecular Hbond substituents is 1. The Morgan fingerprint density at radius 2 is 2.13 bits per heavy atom. The summed E-state index contributed by atoms with van der Waals surface area (Å²) < 4.78 is 0. The predicted octanol–water partition coefficient (Wildman–Crippen LogP) is 1.58. The van der Waals surface area contributed by atoms with Crippen molar-refractivity contribution < 1.29 is 10.0 Å². The molecule has 5 nitrogen and oxygen atoms in total. The first kappa shape index (κ1) is 11.5. The third kappa shape index (κ3) is 3.21. The van der Waals surface area contributed by atoms with Crippen LogP contribution >= 0.6 is 0 Å². The molecule has 0 heterocycles. The van der Waals surface area contributed by atoms with E-state index in [0.717, 1.165) is 12.8 Å². The van der Waals surface area contributed by atoms with Crippen molar-refractivity contribution in [2.24, 2.45) is 5.73 Å². The van der Waals surface area contributed by atoms with Crippen LogP contribution in [0.3, 0.4) is 0 Å². The molecular weight excluding hydrogens is 196 g/mol. The molecule has 0 bridgehead atoms. The van der Waals surface area contributed by atoms with E-state index in [1.54, 1.807) is 0 Å². The van der Waals surface area contributed by atoms with Crippen LogP contribution in [0, 0.1) is 10.1 Å². The summed E-state index contributed by atoms with van der Waals surface area (Å²) in [6, 6.07) is 4.06. The second kappa shape index (κ2) is 5.31. The first-order valence-electron chi connectivity index (χ1n) is 4.81. The van der Waals surface area contributed by atoms with Crippen LogP contribution in [-0.4, -0.2) is 16.6 Å². The van der Waals surface area contributed by atoms with Crippen LogP contribution in [0.1, 0.15) is 18.4 Å². The average molecular weight is 210 g/mol. The molecule has 82 valence electrons. The summed E-state index contributed by atoms with van der Waals surface area (Å²) in [5, 5.41) is 20.0. The number of non-ortho nitro benzene ring substituents is 1. The van der Waals surface area contributed by atoms with Gasteiger partial charge < -0.3 is 10.8 Å². The molecule has 0 aromatic heterocycles. The molecule has 0 saturated carbocycles. The summed E-state index contributed by atoms with van der Waals surface area (Å²) in [4.78, 5) is 10.0. The van der Waals surface area contributed by atoms with Gasteiger partial charge in [-0.1, -0.05) is 0 Å². The molecule has 0 aliphatic heterocycles. The summed E-state index contributed by atoms with van der Waals surface area (Å²) in [6.45, 7) is 0.593. The van der Waals surface area contributed by atoms with Gasteiger partial charge in [0.2, 0.25) is 0 Å². The van der Waals surface area contributed by atoms with E-state index in [9.17, 15) is 15.2 Å². The molecule has 1 aromatic rings. The predicted molar refractivity (Wildman–Crippen MR) is 56.8 cm³/mol. The molecule has 0 aliphatic carbocycles. The molecule has 3 N–H and O–H groups in total. The molecule has 0 spiro atoms. The molecule has 0 radical (unpaired) electrons. The van der Waals surface area contributed by atoms with Crippen LogP contribution in [0.5, 0.6) is 5.75 Å². The minimum atomic E-state index is -0.466. The monoisotopic (exact) mass is 210 g/mol. The largest absolute Gasteiger partial charge is 0.508 e. The highest BCUT2D eigenvalue weighted by Crippen LogP contribution is 2.24. The lowest BCUT2D eigenvalue weighted by Crippen LogP contribution is -1.99.